The fourth-order valence-corrected chi connectivity index (χ4v) is 1.98. The number of rotatable bonds is 5. The van der Waals surface area contributed by atoms with Crippen molar-refractivity contribution in [3.8, 4) is 5.69 Å². The predicted molar refractivity (Wildman–Crippen MR) is 81.5 cm³/mol. The highest BCUT2D eigenvalue weighted by Crippen LogP contribution is 2.13. The maximum absolute atomic E-state index is 12.2. The van der Waals surface area contributed by atoms with Crippen molar-refractivity contribution < 1.29 is 9.90 Å². The lowest BCUT2D eigenvalue weighted by atomic mass is 10.1. The summed E-state index contributed by atoms with van der Waals surface area (Å²) < 4.78 is 1.70. The van der Waals surface area contributed by atoms with E-state index in [1.165, 1.54) is 0 Å². The number of hydrogen-bond acceptors (Lipinski definition) is 3. The molecule has 0 bridgehead atoms. The van der Waals surface area contributed by atoms with Crippen LogP contribution in [0, 0.1) is 12.8 Å². The highest BCUT2D eigenvalue weighted by molar-refractivity contribution is 5.94. The maximum Gasteiger partial charge on any atom is 0.254 e. The van der Waals surface area contributed by atoms with Crippen LogP contribution in [-0.4, -0.2) is 33.4 Å². The summed E-state index contributed by atoms with van der Waals surface area (Å²) in [5, 5.41) is 16.2. The number of aromatic nitrogens is 2. The van der Waals surface area contributed by atoms with E-state index in [4.69, 9.17) is 5.11 Å². The summed E-state index contributed by atoms with van der Waals surface area (Å²) in [7, 11) is 0. The van der Waals surface area contributed by atoms with E-state index in [1.807, 2.05) is 45.0 Å². The van der Waals surface area contributed by atoms with Crippen molar-refractivity contribution in [2.24, 2.45) is 5.92 Å². The molecule has 2 N–H and O–H groups in total. The van der Waals surface area contributed by atoms with E-state index in [0.717, 1.165) is 11.3 Å². The van der Waals surface area contributed by atoms with Crippen molar-refractivity contribution in [1.29, 1.82) is 0 Å². The van der Waals surface area contributed by atoms with Gasteiger partial charge >= 0.3 is 0 Å². The van der Waals surface area contributed by atoms with Crippen LogP contribution in [0.15, 0.2) is 36.7 Å². The number of para-hydroxylation sites is 1. The molecule has 21 heavy (non-hydrogen) atoms. The van der Waals surface area contributed by atoms with Gasteiger partial charge in [0.2, 0.25) is 0 Å². The number of aliphatic hydroxyl groups is 1. The lowest BCUT2D eigenvalue weighted by Gasteiger charge is -2.18. The molecule has 2 unspecified atom stereocenters. The molecular weight excluding hydrogens is 266 g/mol. The fourth-order valence-electron chi connectivity index (χ4n) is 1.98. The van der Waals surface area contributed by atoms with Gasteiger partial charge in [-0.05, 0) is 31.4 Å². The molecule has 0 saturated carbocycles. The zero-order valence-corrected chi connectivity index (χ0v) is 12.6. The minimum absolute atomic E-state index is 0.0142. The van der Waals surface area contributed by atoms with Gasteiger partial charge in [0.15, 0.2) is 0 Å². The largest absolute Gasteiger partial charge is 0.396 e. The molecule has 1 aromatic heterocycles. The van der Waals surface area contributed by atoms with Crippen LogP contribution in [0.5, 0.6) is 0 Å². The molecule has 0 aliphatic carbocycles. The minimum Gasteiger partial charge on any atom is -0.396 e. The van der Waals surface area contributed by atoms with E-state index >= 15 is 0 Å². The standard InChI is InChI=1S/C16H21N3O2/c1-11-6-4-5-7-15(11)19-9-14(8-17-19)16(21)18-13(3)12(2)10-20/h4-9,12-13,20H,10H2,1-3H3,(H,18,21). The number of aryl methyl sites for hydroxylation is 1. The third kappa shape index (κ3) is 3.49. The van der Waals surface area contributed by atoms with E-state index in [2.05, 4.69) is 10.4 Å². The van der Waals surface area contributed by atoms with E-state index in [9.17, 15) is 4.79 Å². The minimum atomic E-state index is -0.178. The Morgan fingerprint density at radius 3 is 2.76 bits per heavy atom. The Kier molecular flexibility index (Phi) is 4.75. The number of aliphatic hydroxyl groups excluding tert-OH is 1. The molecule has 1 heterocycles. The summed E-state index contributed by atoms with van der Waals surface area (Å²) in [5.74, 6) is -0.164. The van der Waals surface area contributed by atoms with Crippen LogP contribution in [-0.2, 0) is 0 Å². The second kappa shape index (κ2) is 6.54. The summed E-state index contributed by atoms with van der Waals surface area (Å²) in [6.45, 7) is 5.82. The van der Waals surface area contributed by atoms with Gasteiger partial charge in [-0.3, -0.25) is 4.79 Å². The second-order valence-electron chi connectivity index (χ2n) is 5.38. The zero-order chi connectivity index (χ0) is 15.4. The van der Waals surface area contributed by atoms with E-state index in [1.54, 1.807) is 17.1 Å². The van der Waals surface area contributed by atoms with Gasteiger partial charge in [-0.25, -0.2) is 4.68 Å². The van der Waals surface area contributed by atoms with Crippen LogP contribution in [0.4, 0.5) is 0 Å². The fraction of sp³-hybridized carbons (Fsp3) is 0.375. The molecule has 0 aliphatic heterocycles. The van der Waals surface area contributed by atoms with Gasteiger partial charge < -0.3 is 10.4 Å². The highest BCUT2D eigenvalue weighted by atomic mass is 16.3. The molecule has 0 aliphatic rings. The van der Waals surface area contributed by atoms with Crippen molar-refractivity contribution >= 4 is 5.91 Å². The average Bonchev–Trinajstić information content (AvgIpc) is 2.96. The summed E-state index contributed by atoms with van der Waals surface area (Å²) >= 11 is 0. The third-order valence-electron chi connectivity index (χ3n) is 3.71. The Bertz CT molecular complexity index is 621. The van der Waals surface area contributed by atoms with Gasteiger partial charge in [-0.1, -0.05) is 25.1 Å². The van der Waals surface area contributed by atoms with Crippen LogP contribution in [0.25, 0.3) is 5.69 Å². The smallest absolute Gasteiger partial charge is 0.254 e. The number of nitrogens with zero attached hydrogens (tertiary/aromatic N) is 2. The Balaban J connectivity index is 2.13. The van der Waals surface area contributed by atoms with Gasteiger partial charge in [0.25, 0.3) is 5.91 Å². The van der Waals surface area contributed by atoms with Crippen molar-refractivity contribution in [1.82, 2.24) is 15.1 Å². The molecule has 5 nitrogen and oxygen atoms in total. The number of carbonyl (C=O) groups excluding carboxylic acids is 1. The normalized spacial score (nSPS) is 13.7. The number of nitrogens with one attached hydrogen (secondary N) is 1. The molecule has 5 heteroatoms. The number of hydrogen-bond donors (Lipinski definition) is 2. The Labute approximate surface area is 124 Å². The SMILES string of the molecule is Cc1ccccc1-n1cc(C(=O)NC(C)C(C)CO)cn1. The maximum atomic E-state index is 12.2. The average molecular weight is 287 g/mol. The molecule has 0 fully saturated rings. The summed E-state index contributed by atoms with van der Waals surface area (Å²) in [6, 6.07) is 7.77. The van der Waals surface area contributed by atoms with Crippen molar-refractivity contribution in [2.75, 3.05) is 6.61 Å². The second-order valence-corrected chi connectivity index (χ2v) is 5.38. The van der Waals surface area contributed by atoms with E-state index < -0.39 is 0 Å². The Morgan fingerprint density at radius 2 is 2.10 bits per heavy atom. The molecule has 1 aromatic carbocycles. The Morgan fingerprint density at radius 1 is 1.38 bits per heavy atom. The lowest BCUT2D eigenvalue weighted by Crippen LogP contribution is -2.38. The predicted octanol–water partition coefficient (Wildman–Crippen LogP) is 1.93. The zero-order valence-electron chi connectivity index (χ0n) is 12.6. The monoisotopic (exact) mass is 287 g/mol. The van der Waals surface area contributed by atoms with Gasteiger partial charge in [0, 0.05) is 18.8 Å². The van der Waals surface area contributed by atoms with Crippen LogP contribution in [0.3, 0.4) is 0 Å². The molecular formula is C16H21N3O2. The first-order valence-corrected chi connectivity index (χ1v) is 7.05. The van der Waals surface area contributed by atoms with Crippen molar-refractivity contribution in [3.05, 3.63) is 47.8 Å². The molecule has 1 amide bonds. The summed E-state index contributed by atoms with van der Waals surface area (Å²) in [6.07, 6.45) is 3.27. The number of carbonyl (C=O) groups is 1. The van der Waals surface area contributed by atoms with E-state index in [0.29, 0.717) is 5.56 Å². The highest BCUT2D eigenvalue weighted by Gasteiger charge is 2.16. The van der Waals surface area contributed by atoms with E-state index in [-0.39, 0.29) is 24.5 Å². The van der Waals surface area contributed by atoms with Gasteiger partial charge in [0.05, 0.1) is 17.4 Å². The van der Waals surface area contributed by atoms with Crippen LogP contribution < -0.4 is 5.32 Å². The molecule has 2 aromatic rings. The topological polar surface area (TPSA) is 67.2 Å². The van der Waals surface area contributed by atoms with Gasteiger partial charge in [-0.15, -0.1) is 0 Å². The van der Waals surface area contributed by atoms with Gasteiger partial charge in [0.1, 0.15) is 0 Å². The molecule has 0 saturated heterocycles. The van der Waals surface area contributed by atoms with Gasteiger partial charge in [-0.2, -0.15) is 5.10 Å². The quantitative estimate of drug-likeness (QED) is 0.883. The van der Waals surface area contributed by atoms with Crippen LogP contribution >= 0.6 is 0 Å². The molecule has 0 radical (unpaired) electrons. The molecule has 2 atom stereocenters. The van der Waals surface area contributed by atoms with Crippen LogP contribution in [0.2, 0.25) is 0 Å². The molecule has 2 rings (SSSR count). The first-order valence-electron chi connectivity index (χ1n) is 7.05. The molecule has 0 spiro atoms. The first kappa shape index (κ1) is 15.3. The number of benzene rings is 1. The van der Waals surface area contributed by atoms with Crippen molar-refractivity contribution in [2.45, 2.75) is 26.8 Å². The number of amides is 1. The Hall–Kier alpha value is -2.14. The first-order chi connectivity index (χ1) is 10.0. The third-order valence-corrected chi connectivity index (χ3v) is 3.71. The van der Waals surface area contributed by atoms with Crippen molar-refractivity contribution in [3.63, 3.8) is 0 Å². The van der Waals surface area contributed by atoms with Crippen LogP contribution in [0.1, 0.15) is 29.8 Å². The summed E-state index contributed by atoms with van der Waals surface area (Å²) in [4.78, 5) is 12.2. The molecule has 112 valence electrons. The summed E-state index contributed by atoms with van der Waals surface area (Å²) in [5.41, 5.74) is 2.55. The lowest BCUT2D eigenvalue weighted by molar-refractivity contribution is 0.0916.